The average Bonchev–Trinajstić information content (AvgIpc) is 2.85. The predicted octanol–water partition coefficient (Wildman–Crippen LogP) is 1.79. The highest BCUT2D eigenvalue weighted by Gasteiger charge is 2.59. The number of halogens is 1. The number of aryl methyl sites for hydroxylation is 1. The molecule has 2 aliphatic rings. The van der Waals surface area contributed by atoms with Gasteiger partial charge in [-0.25, -0.2) is 4.98 Å². The Morgan fingerprint density at radius 1 is 1.54 bits per heavy atom. The zero-order valence-corrected chi connectivity index (χ0v) is 17.4. The normalized spacial score (nSPS) is 24.8. The summed E-state index contributed by atoms with van der Waals surface area (Å²) in [5.41, 5.74) is 0.331. The third-order valence-corrected chi connectivity index (χ3v) is 5.50. The molecule has 0 aliphatic heterocycles. The second-order valence-electron chi connectivity index (χ2n) is 6.67. The van der Waals surface area contributed by atoms with Crippen molar-refractivity contribution in [3.05, 3.63) is 12.2 Å². The molecule has 1 spiro atoms. The van der Waals surface area contributed by atoms with Crippen LogP contribution in [0.25, 0.3) is 0 Å². The van der Waals surface area contributed by atoms with E-state index in [1.165, 1.54) is 19.3 Å². The maximum absolute atomic E-state index is 5.93. The Labute approximate surface area is 161 Å². The third kappa shape index (κ3) is 3.40. The number of guanidine groups is 1. The molecule has 1 N–H and O–H groups in total. The molecule has 0 bridgehead atoms. The fourth-order valence-electron chi connectivity index (χ4n) is 3.89. The van der Waals surface area contributed by atoms with Crippen molar-refractivity contribution in [3.8, 4) is 0 Å². The van der Waals surface area contributed by atoms with Crippen LogP contribution >= 0.6 is 24.0 Å². The molecule has 0 saturated heterocycles. The molecule has 1 heterocycles. The van der Waals surface area contributed by atoms with Crippen LogP contribution in [0, 0.1) is 5.41 Å². The van der Waals surface area contributed by atoms with Crippen LogP contribution in [0.3, 0.4) is 0 Å². The Kier molecular flexibility index (Phi) is 6.46. The third-order valence-electron chi connectivity index (χ3n) is 5.50. The van der Waals surface area contributed by atoms with Gasteiger partial charge in [-0.05, 0) is 26.2 Å². The summed E-state index contributed by atoms with van der Waals surface area (Å²) >= 11 is 0. The molecule has 2 aliphatic carbocycles. The van der Waals surface area contributed by atoms with Gasteiger partial charge in [-0.2, -0.15) is 5.10 Å². The van der Waals surface area contributed by atoms with Gasteiger partial charge in [0, 0.05) is 39.2 Å². The molecule has 2 fully saturated rings. The smallest absolute Gasteiger partial charge is 0.194 e. The first-order valence-corrected chi connectivity index (χ1v) is 8.49. The summed E-state index contributed by atoms with van der Waals surface area (Å²) < 4.78 is 7.72. The van der Waals surface area contributed by atoms with Gasteiger partial charge in [0.2, 0.25) is 0 Å². The van der Waals surface area contributed by atoms with E-state index in [0.29, 0.717) is 24.1 Å². The standard InChI is InChI=1S/C16H28N6O.HI/c1-5-23-13-9-12(16(13)7-6-8-16)20-15(17-2)21(3)10-14-18-11-19-22(14)4;/h11-13H,5-10H2,1-4H3,(H,17,20);1H. The van der Waals surface area contributed by atoms with Crippen LogP contribution < -0.4 is 5.32 Å². The summed E-state index contributed by atoms with van der Waals surface area (Å²) in [6.45, 7) is 3.57. The summed E-state index contributed by atoms with van der Waals surface area (Å²) in [6, 6.07) is 0.466. The minimum Gasteiger partial charge on any atom is -0.378 e. The van der Waals surface area contributed by atoms with Crippen LogP contribution in [0.1, 0.15) is 38.4 Å². The molecule has 2 unspecified atom stereocenters. The Morgan fingerprint density at radius 2 is 2.29 bits per heavy atom. The van der Waals surface area contributed by atoms with E-state index in [1.807, 2.05) is 21.1 Å². The van der Waals surface area contributed by atoms with Crippen LogP contribution in [0.5, 0.6) is 0 Å². The lowest BCUT2D eigenvalue weighted by molar-refractivity contribution is -0.168. The average molecular weight is 448 g/mol. The number of rotatable bonds is 5. The van der Waals surface area contributed by atoms with Gasteiger partial charge in [-0.1, -0.05) is 6.42 Å². The van der Waals surface area contributed by atoms with Gasteiger partial charge >= 0.3 is 0 Å². The largest absolute Gasteiger partial charge is 0.378 e. The number of aliphatic imine (C=N–C) groups is 1. The van der Waals surface area contributed by atoms with E-state index in [-0.39, 0.29) is 24.0 Å². The number of hydrogen-bond donors (Lipinski definition) is 1. The van der Waals surface area contributed by atoms with Crippen molar-refractivity contribution in [2.75, 3.05) is 20.7 Å². The number of aromatic nitrogens is 3. The monoisotopic (exact) mass is 448 g/mol. The summed E-state index contributed by atoms with van der Waals surface area (Å²) in [4.78, 5) is 10.8. The van der Waals surface area contributed by atoms with Crippen LogP contribution in [-0.2, 0) is 18.3 Å². The van der Waals surface area contributed by atoms with E-state index >= 15 is 0 Å². The van der Waals surface area contributed by atoms with E-state index in [0.717, 1.165) is 24.8 Å². The van der Waals surface area contributed by atoms with Crippen LogP contribution in [0.4, 0.5) is 0 Å². The van der Waals surface area contributed by atoms with Crippen LogP contribution in [0.2, 0.25) is 0 Å². The van der Waals surface area contributed by atoms with Gasteiger partial charge in [0.25, 0.3) is 0 Å². The fraction of sp³-hybridized carbons (Fsp3) is 0.812. The summed E-state index contributed by atoms with van der Waals surface area (Å²) in [5.74, 6) is 1.84. The van der Waals surface area contributed by atoms with Gasteiger partial charge in [0.1, 0.15) is 12.2 Å². The quantitative estimate of drug-likeness (QED) is 0.423. The fourth-order valence-corrected chi connectivity index (χ4v) is 3.89. The van der Waals surface area contributed by atoms with E-state index in [9.17, 15) is 0 Å². The molecule has 0 aromatic carbocycles. The molecule has 1 aromatic rings. The lowest BCUT2D eigenvalue weighted by atomic mass is 9.51. The Balaban J connectivity index is 0.00000208. The van der Waals surface area contributed by atoms with Crippen LogP contribution in [-0.4, -0.2) is 58.5 Å². The minimum absolute atomic E-state index is 0. The highest BCUT2D eigenvalue weighted by Crippen LogP contribution is 2.57. The zero-order chi connectivity index (χ0) is 16.4. The SMILES string of the molecule is CCOC1CC(NC(=NC)N(C)Cc2ncnn2C)C12CCC2.I. The summed E-state index contributed by atoms with van der Waals surface area (Å²) in [7, 11) is 5.78. The maximum Gasteiger partial charge on any atom is 0.194 e. The van der Waals surface area contributed by atoms with Gasteiger partial charge in [-0.15, -0.1) is 24.0 Å². The van der Waals surface area contributed by atoms with Gasteiger partial charge < -0.3 is 15.0 Å². The Morgan fingerprint density at radius 3 is 2.79 bits per heavy atom. The van der Waals surface area contributed by atoms with Gasteiger partial charge in [-0.3, -0.25) is 9.67 Å². The molecule has 3 rings (SSSR count). The molecule has 0 amide bonds. The van der Waals surface area contributed by atoms with Crippen molar-refractivity contribution in [2.45, 2.75) is 51.3 Å². The minimum atomic E-state index is 0. The molecular weight excluding hydrogens is 419 g/mol. The van der Waals surface area contributed by atoms with E-state index in [4.69, 9.17) is 4.74 Å². The molecule has 24 heavy (non-hydrogen) atoms. The van der Waals surface area contributed by atoms with Crippen molar-refractivity contribution < 1.29 is 4.74 Å². The molecule has 2 saturated carbocycles. The second-order valence-corrected chi connectivity index (χ2v) is 6.67. The summed E-state index contributed by atoms with van der Waals surface area (Å²) in [6.07, 6.45) is 6.92. The first-order valence-electron chi connectivity index (χ1n) is 8.49. The Hall–Kier alpha value is -0.900. The number of hydrogen-bond acceptors (Lipinski definition) is 4. The van der Waals surface area contributed by atoms with Crippen molar-refractivity contribution in [3.63, 3.8) is 0 Å². The van der Waals surface area contributed by atoms with Crippen molar-refractivity contribution in [1.82, 2.24) is 25.0 Å². The first kappa shape index (κ1) is 19.4. The molecule has 1 aromatic heterocycles. The molecule has 136 valence electrons. The number of nitrogens with one attached hydrogen (secondary N) is 1. The second kappa shape index (κ2) is 7.99. The highest BCUT2D eigenvalue weighted by atomic mass is 127. The predicted molar refractivity (Wildman–Crippen MR) is 104 cm³/mol. The number of ether oxygens (including phenoxy) is 1. The van der Waals surface area contributed by atoms with Crippen LogP contribution in [0.15, 0.2) is 11.3 Å². The zero-order valence-electron chi connectivity index (χ0n) is 15.0. The molecular formula is C16H29IN6O. The lowest BCUT2D eigenvalue weighted by Crippen LogP contribution is -2.68. The lowest BCUT2D eigenvalue weighted by Gasteiger charge is -2.61. The first-order chi connectivity index (χ1) is 11.1. The highest BCUT2D eigenvalue weighted by molar-refractivity contribution is 14.0. The molecule has 0 radical (unpaired) electrons. The van der Waals surface area contributed by atoms with Gasteiger partial charge in [0.05, 0.1) is 12.6 Å². The van der Waals surface area contributed by atoms with Crippen molar-refractivity contribution in [2.24, 2.45) is 17.5 Å². The molecule has 2 atom stereocenters. The number of nitrogens with zero attached hydrogens (tertiary/aromatic N) is 5. The molecule has 7 nitrogen and oxygen atoms in total. The maximum atomic E-state index is 5.93. The van der Waals surface area contributed by atoms with E-state index in [2.05, 4.69) is 32.2 Å². The van der Waals surface area contributed by atoms with E-state index < -0.39 is 0 Å². The topological polar surface area (TPSA) is 67.6 Å². The van der Waals surface area contributed by atoms with Gasteiger partial charge in [0.15, 0.2) is 5.96 Å². The van der Waals surface area contributed by atoms with Crippen molar-refractivity contribution in [1.29, 1.82) is 0 Å². The molecule has 8 heteroatoms. The Bertz CT molecular complexity index is 571. The van der Waals surface area contributed by atoms with Crippen molar-refractivity contribution >= 4 is 29.9 Å². The van der Waals surface area contributed by atoms with E-state index in [1.54, 1.807) is 11.0 Å². The summed E-state index contributed by atoms with van der Waals surface area (Å²) in [5, 5.41) is 7.78.